The summed E-state index contributed by atoms with van der Waals surface area (Å²) in [7, 11) is 1.47. The third-order valence-electron chi connectivity index (χ3n) is 3.84. The van der Waals surface area contributed by atoms with Crippen LogP contribution in [-0.2, 0) is 15.8 Å². The van der Waals surface area contributed by atoms with E-state index in [1.54, 1.807) is 12.1 Å². The Hall–Kier alpha value is -2.80. The van der Waals surface area contributed by atoms with Crippen LogP contribution in [0.1, 0.15) is 11.1 Å². The highest BCUT2D eigenvalue weighted by atomic mass is 35.5. The third-order valence-corrected chi connectivity index (χ3v) is 4.19. The molecule has 0 bridgehead atoms. The minimum atomic E-state index is -4.60. The number of hydrogen-bond donors (Lipinski definition) is 0. The van der Waals surface area contributed by atoms with Gasteiger partial charge >= 0.3 is 6.18 Å². The van der Waals surface area contributed by atoms with Crippen molar-refractivity contribution in [3.05, 3.63) is 64.7 Å². The first-order valence-electron chi connectivity index (χ1n) is 7.34. The lowest BCUT2D eigenvalue weighted by atomic mass is 10.1. The quantitative estimate of drug-likeness (QED) is 0.747. The molecule has 26 heavy (non-hydrogen) atoms. The second kappa shape index (κ2) is 6.49. The Balaban J connectivity index is 2.01. The van der Waals surface area contributed by atoms with Crippen LogP contribution in [0.15, 0.2) is 53.6 Å². The van der Waals surface area contributed by atoms with Crippen molar-refractivity contribution < 1.29 is 27.5 Å². The fraction of sp³-hybridized carbons (Fsp3) is 0.111. The Labute approximate surface area is 151 Å². The maximum atomic E-state index is 12.9. The van der Waals surface area contributed by atoms with Gasteiger partial charge in [0, 0.05) is 0 Å². The molecule has 0 saturated carbocycles. The second-order valence-corrected chi connectivity index (χ2v) is 5.79. The number of anilines is 1. The van der Waals surface area contributed by atoms with Crippen LogP contribution in [0.4, 0.5) is 18.9 Å². The van der Waals surface area contributed by atoms with Gasteiger partial charge in [0.2, 0.25) is 0 Å². The summed E-state index contributed by atoms with van der Waals surface area (Å²) in [6.45, 7) is 0. The van der Waals surface area contributed by atoms with Crippen molar-refractivity contribution in [3.63, 3.8) is 0 Å². The van der Waals surface area contributed by atoms with Gasteiger partial charge in [0.1, 0.15) is 10.8 Å². The van der Waals surface area contributed by atoms with Gasteiger partial charge in [0.15, 0.2) is 0 Å². The number of alkyl halides is 3. The molecule has 2 aromatic rings. The molecule has 3 rings (SSSR count). The summed E-state index contributed by atoms with van der Waals surface area (Å²) in [5.74, 6) is -1.12. The molecule has 1 aliphatic rings. The van der Waals surface area contributed by atoms with Crippen LogP contribution in [0, 0.1) is 0 Å². The van der Waals surface area contributed by atoms with E-state index in [2.05, 4.69) is 0 Å². The minimum Gasteiger partial charge on any atom is -0.497 e. The number of nitrogens with zero attached hydrogens (tertiary/aromatic N) is 1. The number of rotatable bonds is 3. The zero-order valence-corrected chi connectivity index (χ0v) is 14.1. The van der Waals surface area contributed by atoms with Gasteiger partial charge < -0.3 is 4.74 Å². The molecule has 2 amide bonds. The van der Waals surface area contributed by atoms with Crippen molar-refractivity contribution in [2.45, 2.75) is 6.18 Å². The molecule has 0 radical (unpaired) electrons. The van der Waals surface area contributed by atoms with E-state index in [1.807, 2.05) is 0 Å². The van der Waals surface area contributed by atoms with E-state index in [0.717, 1.165) is 18.2 Å². The monoisotopic (exact) mass is 381 g/mol. The molecule has 1 heterocycles. The van der Waals surface area contributed by atoms with E-state index >= 15 is 0 Å². The molecule has 2 aromatic carbocycles. The van der Waals surface area contributed by atoms with Crippen LogP contribution >= 0.6 is 11.6 Å². The Morgan fingerprint density at radius 2 is 1.65 bits per heavy atom. The van der Waals surface area contributed by atoms with E-state index < -0.39 is 23.6 Å². The van der Waals surface area contributed by atoms with Gasteiger partial charge in [-0.25, -0.2) is 4.90 Å². The first-order chi connectivity index (χ1) is 12.2. The molecule has 134 valence electrons. The lowest BCUT2D eigenvalue weighted by Crippen LogP contribution is -2.31. The van der Waals surface area contributed by atoms with E-state index in [-0.39, 0.29) is 16.3 Å². The zero-order chi connectivity index (χ0) is 19.1. The van der Waals surface area contributed by atoms with Crippen molar-refractivity contribution >= 4 is 34.7 Å². The summed E-state index contributed by atoms with van der Waals surface area (Å²) in [5.41, 5.74) is -0.874. The number of benzene rings is 2. The predicted molar refractivity (Wildman–Crippen MR) is 89.7 cm³/mol. The van der Waals surface area contributed by atoms with Crippen LogP contribution in [-0.4, -0.2) is 18.9 Å². The molecule has 8 heteroatoms. The summed E-state index contributed by atoms with van der Waals surface area (Å²) in [4.78, 5) is 25.7. The Morgan fingerprint density at radius 1 is 1.00 bits per heavy atom. The normalized spacial score (nSPS) is 15.0. The molecule has 0 N–H and O–H groups in total. The van der Waals surface area contributed by atoms with Gasteiger partial charge in [-0.2, -0.15) is 13.2 Å². The lowest BCUT2D eigenvalue weighted by molar-refractivity contribution is -0.137. The number of ether oxygens (including phenoxy) is 1. The van der Waals surface area contributed by atoms with Crippen molar-refractivity contribution in [3.8, 4) is 5.75 Å². The standard InChI is InChI=1S/C18H11ClF3NO3/c1-26-13-7-5-10(6-8-13)14-15(19)17(25)23(16(14)24)12-4-2-3-11(9-12)18(20,21)22/h2-9H,1H3. The Bertz CT molecular complexity index is 920. The SMILES string of the molecule is COc1ccc(C2=C(Cl)C(=O)N(c3cccc(C(F)(F)F)c3)C2=O)cc1. The molecular weight excluding hydrogens is 371 g/mol. The highest BCUT2D eigenvalue weighted by Crippen LogP contribution is 2.37. The largest absolute Gasteiger partial charge is 0.497 e. The Kier molecular flexibility index (Phi) is 4.50. The summed E-state index contributed by atoms with van der Waals surface area (Å²) in [6, 6.07) is 10.2. The zero-order valence-electron chi connectivity index (χ0n) is 13.3. The van der Waals surface area contributed by atoms with Crippen molar-refractivity contribution in [2.24, 2.45) is 0 Å². The smallest absolute Gasteiger partial charge is 0.416 e. The molecule has 0 fully saturated rings. The first kappa shape index (κ1) is 18.0. The number of halogens is 4. The summed E-state index contributed by atoms with van der Waals surface area (Å²) < 4.78 is 43.7. The van der Waals surface area contributed by atoms with Gasteiger partial charge in [-0.3, -0.25) is 9.59 Å². The average molecular weight is 382 g/mol. The van der Waals surface area contributed by atoms with Gasteiger partial charge in [-0.05, 0) is 35.9 Å². The van der Waals surface area contributed by atoms with Crippen LogP contribution in [0.3, 0.4) is 0 Å². The van der Waals surface area contributed by atoms with E-state index in [9.17, 15) is 22.8 Å². The number of carbonyl (C=O) groups excluding carboxylic acids is 2. The molecular formula is C18H11ClF3NO3. The van der Waals surface area contributed by atoms with E-state index in [1.165, 1.54) is 25.3 Å². The second-order valence-electron chi connectivity index (χ2n) is 5.41. The third kappa shape index (κ3) is 3.06. The van der Waals surface area contributed by atoms with Crippen molar-refractivity contribution in [1.29, 1.82) is 0 Å². The molecule has 0 saturated heterocycles. The summed E-state index contributed by atoms with van der Waals surface area (Å²) >= 11 is 6.02. The molecule has 0 spiro atoms. The number of carbonyl (C=O) groups is 2. The van der Waals surface area contributed by atoms with Crippen LogP contribution in [0.25, 0.3) is 5.57 Å². The molecule has 0 atom stereocenters. The molecule has 4 nitrogen and oxygen atoms in total. The average Bonchev–Trinajstić information content (AvgIpc) is 2.84. The van der Waals surface area contributed by atoms with Crippen molar-refractivity contribution in [2.75, 3.05) is 12.0 Å². The highest BCUT2D eigenvalue weighted by Gasteiger charge is 2.40. The maximum absolute atomic E-state index is 12.9. The van der Waals surface area contributed by atoms with Crippen molar-refractivity contribution in [1.82, 2.24) is 0 Å². The molecule has 0 aliphatic carbocycles. The van der Waals surface area contributed by atoms with Crippen LogP contribution < -0.4 is 9.64 Å². The molecule has 0 unspecified atom stereocenters. The fourth-order valence-corrected chi connectivity index (χ4v) is 2.84. The minimum absolute atomic E-state index is 0.0725. The summed E-state index contributed by atoms with van der Waals surface area (Å²) in [6.07, 6.45) is -4.60. The summed E-state index contributed by atoms with van der Waals surface area (Å²) in [5, 5.41) is -0.349. The van der Waals surface area contributed by atoms with Gasteiger partial charge in [-0.15, -0.1) is 0 Å². The Morgan fingerprint density at radius 3 is 2.23 bits per heavy atom. The number of methoxy groups -OCH3 is 1. The van der Waals surface area contributed by atoms with Gasteiger partial charge in [-0.1, -0.05) is 29.8 Å². The van der Waals surface area contributed by atoms with Gasteiger partial charge in [0.05, 0.1) is 23.9 Å². The van der Waals surface area contributed by atoms with Crippen LogP contribution in [0.2, 0.25) is 0 Å². The topological polar surface area (TPSA) is 46.6 Å². The number of amides is 2. The number of imide groups is 1. The molecule has 1 aliphatic heterocycles. The highest BCUT2D eigenvalue weighted by molar-refractivity contribution is 6.60. The first-order valence-corrected chi connectivity index (χ1v) is 7.72. The van der Waals surface area contributed by atoms with E-state index in [4.69, 9.17) is 16.3 Å². The maximum Gasteiger partial charge on any atom is 0.416 e. The fourth-order valence-electron chi connectivity index (χ4n) is 2.57. The lowest BCUT2D eigenvalue weighted by Gasteiger charge is -2.16. The van der Waals surface area contributed by atoms with E-state index in [0.29, 0.717) is 16.2 Å². The molecule has 0 aromatic heterocycles. The number of hydrogen-bond acceptors (Lipinski definition) is 3. The predicted octanol–water partition coefficient (Wildman–Crippen LogP) is 4.24. The van der Waals surface area contributed by atoms with Crippen LogP contribution in [0.5, 0.6) is 5.75 Å². The van der Waals surface area contributed by atoms with Gasteiger partial charge in [0.25, 0.3) is 11.8 Å².